The molecule has 0 bridgehead atoms. The number of carbonyl (C=O) groups is 1. The van der Waals surface area contributed by atoms with Crippen LogP contribution in [0, 0.1) is 0 Å². The average Bonchev–Trinajstić information content (AvgIpc) is 2.60. The summed E-state index contributed by atoms with van der Waals surface area (Å²) in [6, 6.07) is -0.309. The Morgan fingerprint density at radius 3 is 3.00 bits per heavy atom. The predicted octanol–water partition coefficient (Wildman–Crippen LogP) is -0.489. The number of carboxylic acid groups (broad SMARTS) is 1. The highest BCUT2D eigenvalue weighted by Gasteiger charge is 2.29. The lowest BCUT2D eigenvalue weighted by molar-refractivity contribution is -0.142. The highest BCUT2D eigenvalue weighted by atomic mass is 16.5. The number of hydrogen-bond acceptors (Lipinski definition) is 4. The molecule has 14 heavy (non-hydrogen) atoms. The zero-order chi connectivity index (χ0) is 10.4. The largest absolute Gasteiger partial charge is 0.480 e. The first-order valence-corrected chi connectivity index (χ1v) is 5.00. The maximum absolute atomic E-state index is 10.8. The van der Waals surface area contributed by atoms with Crippen LogP contribution < -0.4 is 5.73 Å². The Hall–Kier alpha value is -0.650. The van der Waals surface area contributed by atoms with Crippen molar-refractivity contribution in [2.45, 2.75) is 18.9 Å². The number of nitrogens with zero attached hydrogens (tertiary/aromatic N) is 1. The molecule has 0 aromatic heterocycles. The monoisotopic (exact) mass is 202 g/mol. The van der Waals surface area contributed by atoms with Crippen LogP contribution in [0.15, 0.2) is 0 Å². The molecule has 1 aliphatic heterocycles. The molecular formula is C9H18N2O3. The van der Waals surface area contributed by atoms with E-state index in [2.05, 4.69) is 0 Å². The van der Waals surface area contributed by atoms with Crippen LogP contribution in [-0.4, -0.2) is 54.9 Å². The van der Waals surface area contributed by atoms with Crippen molar-refractivity contribution in [3.8, 4) is 0 Å². The van der Waals surface area contributed by atoms with Gasteiger partial charge < -0.3 is 15.6 Å². The lowest BCUT2D eigenvalue weighted by Crippen LogP contribution is -2.38. The quantitative estimate of drug-likeness (QED) is 0.568. The summed E-state index contributed by atoms with van der Waals surface area (Å²) < 4.78 is 5.21. The smallest absolute Gasteiger partial charge is 0.320 e. The second kappa shape index (κ2) is 5.95. The molecule has 0 amide bonds. The van der Waals surface area contributed by atoms with Crippen LogP contribution >= 0.6 is 0 Å². The van der Waals surface area contributed by atoms with Crippen molar-refractivity contribution < 1.29 is 14.6 Å². The second-order valence-electron chi connectivity index (χ2n) is 3.43. The molecule has 1 fully saturated rings. The number of rotatable bonds is 6. The van der Waals surface area contributed by atoms with Crippen molar-refractivity contribution in [3.63, 3.8) is 0 Å². The van der Waals surface area contributed by atoms with Crippen LogP contribution in [0.3, 0.4) is 0 Å². The molecule has 1 rings (SSSR count). The second-order valence-corrected chi connectivity index (χ2v) is 3.43. The molecule has 1 atom stereocenters. The van der Waals surface area contributed by atoms with Gasteiger partial charge in [0.25, 0.3) is 0 Å². The lowest BCUT2D eigenvalue weighted by atomic mass is 10.2. The van der Waals surface area contributed by atoms with Crippen molar-refractivity contribution >= 4 is 5.97 Å². The molecule has 1 aliphatic rings. The van der Waals surface area contributed by atoms with E-state index < -0.39 is 5.97 Å². The Kier molecular flexibility index (Phi) is 4.86. The Bertz CT molecular complexity index is 187. The fraction of sp³-hybridized carbons (Fsp3) is 0.889. The summed E-state index contributed by atoms with van der Waals surface area (Å²) in [5.74, 6) is -0.721. The van der Waals surface area contributed by atoms with E-state index in [1.807, 2.05) is 4.90 Å². The number of carboxylic acids is 1. The van der Waals surface area contributed by atoms with Crippen molar-refractivity contribution in [2.75, 3.05) is 32.8 Å². The van der Waals surface area contributed by atoms with E-state index >= 15 is 0 Å². The van der Waals surface area contributed by atoms with Gasteiger partial charge in [-0.15, -0.1) is 0 Å². The van der Waals surface area contributed by atoms with Gasteiger partial charge in [-0.3, -0.25) is 9.69 Å². The summed E-state index contributed by atoms with van der Waals surface area (Å²) in [5, 5.41) is 8.88. The molecular weight excluding hydrogens is 184 g/mol. The Morgan fingerprint density at radius 1 is 1.57 bits per heavy atom. The van der Waals surface area contributed by atoms with Crippen molar-refractivity contribution in [2.24, 2.45) is 5.73 Å². The first kappa shape index (κ1) is 11.4. The number of hydrogen-bond donors (Lipinski definition) is 2. The normalized spacial score (nSPS) is 22.8. The van der Waals surface area contributed by atoms with Gasteiger partial charge in [0, 0.05) is 13.1 Å². The summed E-state index contributed by atoms with van der Waals surface area (Å²) in [6.45, 7) is 3.19. The molecule has 0 aromatic rings. The van der Waals surface area contributed by atoms with Crippen LogP contribution in [0.1, 0.15) is 12.8 Å². The fourth-order valence-corrected chi connectivity index (χ4v) is 1.74. The molecule has 0 radical (unpaired) electrons. The van der Waals surface area contributed by atoms with Crippen molar-refractivity contribution in [3.05, 3.63) is 0 Å². The summed E-state index contributed by atoms with van der Waals surface area (Å²) in [4.78, 5) is 12.8. The van der Waals surface area contributed by atoms with E-state index in [-0.39, 0.29) is 6.04 Å². The summed E-state index contributed by atoms with van der Waals surface area (Å²) >= 11 is 0. The molecule has 0 aliphatic carbocycles. The maximum Gasteiger partial charge on any atom is 0.320 e. The van der Waals surface area contributed by atoms with Gasteiger partial charge in [0.05, 0.1) is 13.2 Å². The third-order valence-electron chi connectivity index (χ3n) is 2.43. The van der Waals surface area contributed by atoms with Gasteiger partial charge in [0.1, 0.15) is 6.04 Å². The van der Waals surface area contributed by atoms with Gasteiger partial charge in [0.15, 0.2) is 0 Å². The van der Waals surface area contributed by atoms with E-state index in [4.69, 9.17) is 15.6 Å². The first-order chi connectivity index (χ1) is 6.75. The Morgan fingerprint density at radius 2 is 2.36 bits per heavy atom. The minimum Gasteiger partial charge on any atom is -0.480 e. The maximum atomic E-state index is 10.8. The fourth-order valence-electron chi connectivity index (χ4n) is 1.74. The van der Waals surface area contributed by atoms with E-state index in [1.165, 1.54) is 0 Å². The molecule has 0 aromatic carbocycles. The van der Waals surface area contributed by atoms with Crippen LogP contribution in [0.4, 0.5) is 0 Å². The van der Waals surface area contributed by atoms with Crippen LogP contribution in [0.5, 0.6) is 0 Å². The minimum absolute atomic E-state index is 0.309. The van der Waals surface area contributed by atoms with E-state index in [0.29, 0.717) is 26.3 Å². The Balaban J connectivity index is 2.19. The highest BCUT2D eigenvalue weighted by Crippen LogP contribution is 2.16. The average molecular weight is 202 g/mol. The van der Waals surface area contributed by atoms with E-state index in [1.54, 1.807) is 0 Å². The SMILES string of the molecule is NCCOCCN1CCCC1C(=O)O. The van der Waals surface area contributed by atoms with Gasteiger partial charge in [-0.1, -0.05) is 0 Å². The summed E-state index contributed by atoms with van der Waals surface area (Å²) in [7, 11) is 0. The Labute approximate surface area is 83.8 Å². The number of ether oxygens (including phenoxy) is 1. The molecule has 1 heterocycles. The summed E-state index contributed by atoms with van der Waals surface area (Å²) in [6.07, 6.45) is 1.72. The summed E-state index contributed by atoms with van der Waals surface area (Å²) in [5.41, 5.74) is 5.27. The number of aliphatic carboxylic acids is 1. The number of nitrogens with two attached hydrogens (primary N) is 1. The van der Waals surface area contributed by atoms with Crippen LogP contribution in [-0.2, 0) is 9.53 Å². The molecule has 5 heteroatoms. The topological polar surface area (TPSA) is 75.8 Å². The predicted molar refractivity (Wildman–Crippen MR) is 52.1 cm³/mol. The van der Waals surface area contributed by atoms with Gasteiger partial charge >= 0.3 is 5.97 Å². The molecule has 3 N–H and O–H groups in total. The molecule has 1 unspecified atom stereocenters. The molecule has 0 spiro atoms. The molecule has 1 saturated heterocycles. The first-order valence-electron chi connectivity index (χ1n) is 5.00. The van der Waals surface area contributed by atoms with Crippen molar-refractivity contribution in [1.82, 2.24) is 4.90 Å². The van der Waals surface area contributed by atoms with Crippen LogP contribution in [0.25, 0.3) is 0 Å². The van der Waals surface area contributed by atoms with Gasteiger partial charge in [-0.05, 0) is 19.4 Å². The number of likely N-dealkylation sites (tertiary alicyclic amines) is 1. The van der Waals surface area contributed by atoms with Gasteiger partial charge in [-0.2, -0.15) is 0 Å². The van der Waals surface area contributed by atoms with Crippen LogP contribution in [0.2, 0.25) is 0 Å². The van der Waals surface area contributed by atoms with E-state index in [9.17, 15) is 4.79 Å². The lowest BCUT2D eigenvalue weighted by Gasteiger charge is -2.20. The van der Waals surface area contributed by atoms with E-state index in [0.717, 1.165) is 19.4 Å². The molecule has 82 valence electrons. The zero-order valence-corrected chi connectivity index (χ0v) is 8.32. The zero-order valence-electron chi connectivity index (χ0n) is 8.32. The van der Waals surface area contributed by atoms with Crippen molar-refractivity contribution in [1.29, 1.82) is 0 Å². The van der Waals surface area contributed by atoms with Gasteiger partial charge in [0.2, 0.25) is 0 Å². The highest BCUT2D eigenvalue weighted by molar-refractivity contribution is 5.73. The third-order valence-corrected chi connectivity index (χ3v) is 2.43. The minimum atomic E-state index is -0.721. The third kappa shape index (κ3) is 3.25. The standard InChI is InChI=1S/C9H18N2O3/c10-3-6-14-7-5-11-4-1-2-8(11)9(12)13/h8H,1-7,10H2,(H,12,13). The van der Waals surface area contributed by atoms with Gasteiger partial charge in [-0.25, -0.2) is 0 Å². The molecule has 5 nitrogen and oxygen atoms in total. The molecule has 0 saturated carbocycles.